The van der Waals surface area contributed by atoms with Gasteiger partial charge in [-0.05, 0) is 32.1 Å². The zero-order chi connectivity index (χ0) is 14.9. The maximum Gasteiger partial charge on any atom is 0.241 e. The monoisotopic (exact) mass is 310 g/mol. The normalized spacial score (nSPS) is 34.3. The lowest BCUT2D eigenvalue weighted by Gasteiger charge is -2.29. The molecule has 116 valence electrons. The van der Waals surface area contributed by atoms with Gasteiger partial charge in [-0.15, -0.1) is 0 Å². The molecule has 0 aromatic carbocycles. The second-order valence-electron chi connectivity index (χ2n) is 5.60. The lowest BCUT2D eigenvalue weighted by atomic mass is 9.86. The van der Waals surface area contributed by atoms with Crippen LogP contribution < -0.4 is 5.32 Å². The summed E-state index contributed by atoms with van der Waals surface area (Å²) >= 11 is 0. The molecule has 2 fully saturated rings. The largest absolute Gasteiger partial charge is 0.352 e. The van der Waals surface area contributed by atoms with E-state index in [1.54, 1.807) is 0 Å². The molecule has 1 N–H and O–H groups in total. The molecule has 0 radical (unpaired) electrons. The molecular weight excluding hydrogens is 290 g/mol. The van der Waals surface area contributed by atoms with Gasteiger partial charge in [0, 0.05) is 25.6 Å². The zero-order valence-electron chi connectivity index (χ0n) is 11.4. The van der Waals surface area contributed by atoms with E-state index in [1.807, 2.05) is 0 Å². The van der Waals surface area contributed by atoms with Crippen molar-refractivity contribution in [3.8, 4) is 0 Å². The van der Waals surface area contributed by atoms with Crippen LogP contribution in [0.2, 0.25) is 0 Å². The first-order valence-corrected chi connectivity index (χ1v) is 8.36. The number of halogens is 2. The van der Waals surface area contributed by atoms with Crippen molar-refractivity contribution in [1.82, 2.24) is 9.62 Å². The van der Waals surface area contributed by atoms with E-state index in [2.05, 4.69) is 5.32 Å². The first kappa shape index (κ1) is 15.6. The van der Waals surface area contributed by atoms with Crippen LogP contribution in [0.4, 0.5) is 8.78 Å². The molecule has 0 bridgehead atoms. The lowest BCUT2D eigenvalue weighted by Crippen LogP contribution is -2.45. The first-order chi connectivity index (χ1) is 9.32. The fourth-order valence-corrected chi connectivity index (χ4v) is 4.40. The van der Waals surface area contributed by atoms with Crippen LogP contribution in [0.3, 0.4) is 0 Å². The molecule has 2 rings (SSSR count). The van der Waals surface area contributed by atoms with Gasteiger partial charge in [-0.3, -0.25) is 4.79 Å². The Hall–Kier alpha value is -0.760. The summed E-state index contributed by atoms with van der Waals surface area (Å²) in [6.07, 6.45) is -0.292. The number of hydrogen-bond donors (Lipinski definition) is 1. The molecule has 1 amide bonds. The Kier molecular flexibility index (Phi) is 4.63. The van der Waals surface area contributed by atoms with Gasteiger partial charge in [0.05, 0.1) is 0 Å². The van der Waals surface area contributed by atoms with Gasteiger partial charge in [0.1, 0.15) is 0 Å². The summed E-state index contributed by atoms with van der Waals surface area (Å²) < 4.78 is 50.0. The quantitative estimate of drug-likeness (QED) is 0.844. The van der Waals surface area contributed by atoms with E-state index in [9.17, 15) is 22.0 Å². The predicted octanol–water partition coefficient (Wildman–Crippen LogP) is 0.960. The molecule has 2 aliphatic rings. The van der Waals surface area contributed by atoms with Crippen molar-refractivity contribution in [2.75, 3.05) is 13.6 Å². The number of amides is 1. The number of carbonyl (C=O) groups excluding carboxylic acids is 1. The Labute approximate surface area is 117 Å². The van der Waals surface area contributed by atoms with Crippen molar-refractivity contribution >= 4 is 15.9 Å². The third-order valence-corrected chi connectivity index (χ3v) is 6.49. The van der Waals surface area contributed by atoms with E-state index >= 15 is 0 Å². The van der Waals surface area contributed by atoms with Crippen molar-refractivity contribution in [2.45, 2.75) is 49.8 Å². The van der Waals surface area contributed by atoms with Gasteiger partial charge < -0.3 is 5.32 Å². The highest BCUT2D eigenvalue weighted by molar-refractivity contribution is 7.90. The highest BCUT2D eigenvalue weighted by Crippen LogP contribution is 2.29. The summed E-state index contributed by atoms with van der Waals surface area (Å²) in [4.78, 5) is 12.0. The SMILES string of the molecule is CN1CCC(C(=O)NC2CCC(C(F)F)CC2)S1(=O)=O. The Balaban J connectivity index is 1.88. The van der Waals surface area contributed by atoms with Crippen molar-refractivity contribution in [1.29, 1.82) is 0 Å². The third-order valence-electron chi connectivity index (χ3n) is 4.27. The van der Waals surface area contributed by atoms with Gasteiger partial charge >= 0.3 is 0 Å². The summed E-state index contributed by atoms with van der Waals surface area (Å²) in [5.41, 5.74) is 0. The van der Waals surface area contributed by atoms with Crippen LogP contribution in [0, 0.1) is 5.92 Å². The number of sulfonamides is 1. The molecule has 1 heterocycles. The van der Waals surface area contributed by atoms with Gasteiger partial charge in [0.15, 0.2) is 5.25 Å². The van der Waals surface area contributed by atoms with Gasteiger partial charge in [-0.25, -0.2) is 21.5 Å². The van der Waals surface area contributed by atoms with E-state index in [0.717, 1.165) is 0 Å². The molecule has 1 aliphatic heterocycles. The topological polar surface area (TPSA) is 66.5 Å². The van der Waals surface area contributed by atoms with Crippen molar-refractivity contribution < 1.29 is 22.0 Å². The number of rotatable bonds is 3. The molecule has 1 saturated carbocycles. The molecule has 0 spiro atoms. The van der Waals surface area contributed by atoms with Gasteiger partial charge in [-0.1, -0.05) is 0 Å². The van der Waals surface area contributed by atoms with Gasteiger partial charge in [-0.2, -0.15) is 0 Å². The predicted molar refractivity (Wildman–Crippen MR) is 69.8 cm³/mol. The maximum atomic E-state index is 12.5. The average Bonchev–Trinajstić information content (AvgIpc) is 2.64. The van der Waals surface area contributed by atoms with Crippen molar-refractivity contribution in [3.63, 3.8) is 0 Å². The third kappa shape index (κ3) is 3.11. The standard InChI is InChI=1S/C12H20F2N2O3S/c1-16-7-6-10(20(16,18)19)12(17)15-9-4-2-8(3-5-9)11(13)14/h8-11H,2-7H2,1H3,(H,15,17). The number of alkyl halides is 2. The Bertz CT molecular complexity index is 461. The molecule has 1 unspecified atom stereocenters. The molecule has 0 aromatic rings. The molecule has 20 heavy (non-hydrogen) atoms. The molecule has 0 aromatic heterocycles. The molecule has 1 aliphatic carbocycles. The second-order valence-corrected chi connectivity index (χ2v) is 7.82. The highest BCUT2D eigenvalue weighted by atomic mass is 32.2. The van der Waals surface area contributed by atoms with Crippen molar-refractivity contribution in [2.24, 2.45) is 5.92 Å². The minimum atomic E-state index is -3.54. The van der Waals surface area contributed by atoms with Crippen LogP contribution >= 0.6 is 0 Å². The lowest BCUT2D eigenvalue weighted by molar-refractivity contribution is -0.121. The fraction of sp³-hybridized carbons (Fsp3) is 0.917. The summed E-state index contributed by atoms with van der Waals surface area (Å²) in [6.45, 7) is 0.346. The van der Waals surface area contributed by atoms with E-state index in [0.29, 0.717) is 32.2 Å². The molecule has 8 heteroatoms. The van der Waals surface area contributed by atoms with Crippen LogP contribution in [-0.4, -0.2) is 49.9 Å². The minimum Gasteiger partial charge on any atom is -0.352 e. The number of nitrogens with zero attached hydrogens (tertiary/aromatic N) is 1. The smallest absolute Gasteiger partial charge is 0.241 e. The average molecular weight is 310 g/mol. The second kappa shape index (κ2) is 5.93. The van der Waals surface area contributed by atoms with Crippen LogP contribution in [0.25, 0.3) is 0 Å². The van der Waals surface area contributed by atoms with Gasteiger partial charge in [0.2, 0.25) is 22.4 Å². The Morgan fingerprint density at radius 2 is 1.80 bits per heavy atom. The fourth-order valence-electron chi connectivity index (χ4n) is 2.87. The van der Waals surface area contributed by atoms with Gasteiger partial charge in [0.25, 0.3) is 0 Å². The highest BCUT2D eigenvalue weighted by Gasteiger charge is 2.42. The Morgan fingerprint density at radius 1 is 1.20 bits per heavy atom. The van der Waals surface area contributed by atoms with Crippen LogP contribution in [0.5, 0.6) is 0 Å². The zero-order valence-corrected chi connectivity index (χ0v) is 12.2. The van der Waals surface area contributed by atoms with Crippen LogP contribution in [0.15, 0.2) is 0 Å². The summed E-state index contributed by atoms with van der Waals surface area (Å²) in [6, 6.07) is -0.182. The maximum absolute atomic E-state index is 12.5. The number of carbonyl (C=O) groups is 1. The summed E-state index contributed by atoms with van der Waals surface area (Å²) in [5, 5.41) is 1.68. The molecule has 5 nitrogen and oxygen atoms in total. The minimum absolute atomic E-state index is 0.182. The van der Waals surface area contributed by atoms with Crippen LogP contribution in [-0.2, 0) is 14.8 Å². The number of nitrogens with one attached hydrogen (secondary N) is 1. The van der Waals surface area contributed by atoms with Crippen LogP contribution in [0.1, 0.15) is 32.1 Å². The molecular formula is C12H20F2N2O3S. The molecule has 1 atom stereocenters. The molecule has 1 saturated heterocycles. The Morgan fingerprint density at radius 3 is 2.25 bits per heavy atom. The first-order valence-electron chi connectivity index (χ1n) is 6.86. The number of hydrogen-bond acceptors (Lipinski definition) is 3. The summed E-state index contributed by atoms with van der Waals surface area (Å²) in [5.74, 6) is -1.08. The van der Waals surface area contributed by atoms with E-state index in [4.69, 9.17) is 0 Å². The van der Waals surface area contributed by atoms with E-state index in [-0.39, 0.29) is 12.5 Å². The van der Waals surface area contributed by atoms with E-state index in [1.165, 1.54) is 11.4 Å². The van der Waals surface area contributed by atoms with E-state index < -0.39 is 33.5 Å². The summed E-state index contributed by atoms with van der Waals surface area (Å²) in [7, 11) is -2.08. The van der Waals surface area contributed by atoms with Crippen molar-refractivity contribution in [3.05, 3.63) is 0 Å².